The van der Waals surface area contributed by atoms with Crippen molar-refractivity contribution in [2.45, 2.75) is 6.04 Å². The molecule has 0 aliphatic heterocycles. The summed E-state index contributed by atoms with van der Waals surface area (Å²) in [6, 6.07) is 6.84. The molecular formula is C10H16N2O3S. The number of hydrogen-bond donors (Lipinski definition) is 2. The molecule has 0 heterocycles. The van der Waals surface area contributed by atoms with Gasteiger partial charge in [0.2, 0.25) is 10.0 Å². The second kappa shape index (κ2) is 5.29. The van der Waals surface area contributed by atoms with Gasteiger partial charge in [-0.15, -0.1) is 0 Å². The van der Waals surface area contributed by atoms with E-state index in [1.54, 1.807) is 13.2 Å². The van der Waals surface area contributed by atoms with Crippen molar-refractivity contribution >= 4 is 10.0 Å². The van der Waals surface area contributed by atoms with E-state index in [-0.39, 0.29) is 6.54 Å². The van der Waals surface area contributed by atoms with Gasteiger partial charge in [-0.05, 0) is 6.07 Å². The third-order valence-corrected chi connectivity index (χ3v) is 2.79. The summed E-state index contributed by atoms with van der Waals surface area (Å²) in [5, 5.41) is 0. The quantitative estimate of drug-likeness (QED) is 0.777. The first-order valence-corrected chi connectivity index (χ1v) is 6.66. The van der Waals surface area contributed by atoms with Crippen LogP contribution in [0.1, 0.15) is 11.6 Å². The summed E-state index contributed by atoms with van der Waals surface area (Å²) in [5.74, 6) is 0.658. The number of benzene rings is 1. The Morgan fingerprint density at radius 2 is 2.06 bits per heavy atom. The van der Waals surface area contributed by atoms with Crippen LogP contribution < -0.4 is 15.2 Å². The van der Waals surface area contributed by atoms with Gasteiger partial charge in [-0.3, -0.25) is 0 Å². The fourth-order valence-corrected chi connectivity index (χ4v) is 1.81. The van der Waals surface area contributed by atoms with Crippen LogP contribution >= 0.6 is 0 Å². The first kappa shape index (κ1) is 13.0. The van der Waals surface area contributed by atoms with Crippen LogP contribution in [0.5, 0.6) is 5.75 Å². The van der Waals surface area contributed by atoms with Crippen molar-refractivity contribution in [3.05, 3.63) is 29.8 Å². The van der Waals surface area contributed by atoms with E-state index < -0.39 is 16.1 Å². The minimum absolute atomic E-state index is 0.152. The van der Waals surface area contributed by atoms with Crippen molar-refractivity contribution in [1.29, 1.82) is 0 Å². The molecule has 0 aliphatic rings. The number of rotatable bonds is 5. The van der Waals surface area contributed by atoms with E-state index in [0.29, 0.717) is 5.75 Å². The van der Waals surface area contributed by atoms with E-state index in [4.69, 9.17) is 10.5 Å². The average Bonchev–Trinajstić information content (AvgIpc) is 2.25. The smallest absolute Gasteiger partial charge is 0.208 e. The number of ether oxygens (including phenoxy) is 1. The number of sulfonamides is 1. The molecule has 1 aromatic rings. The molecule has 5 nitrogen and oxygen atoms in total. The molecular weight excluding hydrogens is 228 g/mol. The maximum absolute atomic E-state index is 10.9. The van der Waals surface area contributed by atoms with Gasteiger partial charge in [-0.25, -0.2) is 13.1 Å². The molecule has 16 heavy (non-hydrogen) atoms. The number of methoxy groups -OCH3 is 1. The molecule has 0 saturated heterocycles. The van der Waals surface area contributed by atoms with Gasteiger partial charge in [0.05, 0.1) is 13.4 Å². The van der Waals surface area contributed by atoms with E-state index in [1.165, 1.54) is 0 Å². The summed E-state index contributed by atoms with van der Waals surface area (Å²) >= 11 is 0. The third-order valence-electron chi connectivity index (χ3n) is 2.10. The van der Waals surface area contributed by atoms with Crippen LogP contribution in [0.3, 0.4) is 0 Å². The Balaban J connectivity index is 2.76. The largest absolute Gasteiger partial charge is 0.496 e. The molecule has 1 rings (SSSR count). The number of para-hydroxylation sites is 1. The van der Waals surface area contributed by atoms with E-state index in [0.717, 1.165) is 11.8 Å². The molecule has 1 atom stereocenters. The maximum atomic E-state index is 10.9. The Morgan fingerprint density at radius 3 is 2.62 bits per heavy atom. The molecule has 0 spiro atoms. The van der Waals surface area contributed by atoms with Gasteiger partial charge in [-0.1, -0.05) is 18.2 Å². The Kier molecular flexibility index (Phi) is 4.28. The summed E-state index contributed by atoms with van der Waals surface area (Å²) in [5.41, 5.74) is 6.65. The summed E-state index contributed by atoms with van der Waals surface area (Å²) in [7, 11) is -1.67. The molecule has 3 N–H and O–H groups in total. The fraction of sp³-hybridized carbons (Fsp3) is 0.400. The van der Waals surface area contributed by atoms with E-state index in [9.17, 15) is 8.42 Å². The summed E-state index contributed by atoms with van der Waals surface area (Å²) < 4.78 is 29.4. The zero-order valence-corrected chi connectivity index (χ0v) is 10.1. The Bertz CT molecular complexity index is 445. The van der Waals surface area contributed by atoms with Crippen LogP contribution in [-0.2, 0) is 10.0 Å². The molecule has 90 valence electrons. The fourth-order valence-electron chi connectivity index (χ4n) is 1.32. The summed E-state index contributed by atoms with van der Waals surface area (Å²) in [6.45, 7) is 0.152. The molecule has 6 heteroatoms. The molecule has 0 amide bonds. The molecule has 0 bridgehead atoms. The highest BCUT2D eigenvalue weighted by molar-refractivity contribution is 7.88. The lowest BCUT2D eigenvalue weighted by atomic mass is 10.1. The zero-order chi connectivity index (χ0) is 12.2. The van der Waals surface area contributed by atoms with Crippen molar-refractivity contribution in [3.8, 4) is 5.75 Å². The van der Waals surface area contributed by atoms with Crippen LogP contribution in [-0.4, -0.2) is 28.3 Å². The van der Waals surface area contributed by atoms with Crippen molar-refractivity contribution < 1.29 is 13.2 Å². The number of hydrogen-bond acceptors (Lipinski definition) is 4. The number of nitrogens with two attached hydrogens (primary N) is 1. The monoisotopic (exact) mass is 244 g/mol. The van der Waals surface area contributed by atoms with E-state index >= 15 is 0 Å². The van der Waals surface area contributed by atoms with Crippen molar-refractivity contribution in [2.75, 3.05) is 19.9 Å². The minimum atomic E-state index is -3.22. The van der Waals surface area contributed by atoms with E-state index in [2.05, 4.69) is 4.72 Å². The molecule has 0 unspecified atom stereocenters. The first-order chi connectivity index (χ1) is 7.44. The second-order valence-corrected chi connectivity index (χ2v) is 5.30. The highest BCUT2D eigenvalue weighted by atomic mass is 32.2. The molecule has 0 aliphatic carbocycles. The normalized spacial score (nSPS) is 13.4. The predicted molar refractivity (Wildman–Crippen MR) is 62.8 cm³/mol. The van der Waals surface area contributed by atoms with Crippen LogP contribution in [0.15, 0.2) is 24.3 Å². The summed E-state index contributed by atoms with van der Waals surface area (Å²) in [6.07, 6.45) is 1.10. The topological polar surface area (TPSA) is 81.4 Å². The van der Waals surface area contributed by atoms with Gasteiger partial charge in [0.1, 0.15) is 5.75 Å². The van der Waals surface area contributed by atoms with Gasteiger partial charge < -0.3 is 10.5 Å². The van der Waals surface area contributed by atoms with Crippen molar-refractivity contribution in [1.82, 2.24) is 4.72 Å². The van der Waals surface area contributed by atoms with E-state index in [1.807, 2.05) is 18.2 Å². The number of nitrogens with one attached hydrogen (secondary N) is 1. The predicted octanol–water partition coefficient (Wildman–Crippen LogP) is 0.244. The van der Waals surface area contributed by atoms with Crippen LogP contribution in [0.2, 0.25) is 0 Å². The van der Waals surface area contributed by atoms with Crippen LogP contribution in [0.4, 0.5) is 0 Å². The molecule has 0 saturated carbocycles. The standard InChI is InChI=1S/C10H16N2O3S/c1-15-10-6-4-3-5-8(10)9(11)7-12-16(2,13)14/h3-6,9,12H,7,11H2,1-2H3/t9-/m0/s1. The molecule has 0 radical (unpaired) electrons. The third kappa shape index (κ3) is 3.80. The Labute approximate surface area is 95.7 Å². The van der Waals surface area contributed by atoms with Crippen molar-refractivity contribution in [2.24, 2.45) is 5.73 Å². The second-order valence-electron chi connectivity index (χ2n) is 3.47. The highest BCUT2D eigenvalue weighted by Gasteiger charge is 2.12. The summed E-state index contributed by atoms with van der Waals surface area (Å²) in [4.78, 5) is 0. The maximum Gasteiger partial charge on any atom is 0.208 e. The molecule has 0 fully saturated rings. The minimum Gasteiger partial charge on any atom is -0.496 e. The SMILES string of the molecule is COc1ccccc1[C@@H](N)CNS(C)(=O)=O. The van der Waals surface area contributed by atoms with Crippen molar-refractivity contribution in [3.63, 3.8) is 0 Å². The van der Waals surface area contributed by atoms with Gasteiger partial charge >= 0.3 is 0 Å². The van der Waals surface area contributed by atoms with Gasteiger partial charge in [0, 0.05) is 18.2 Å². The Hall–Kier alpha value is -1.11. The zero-order valence-electron chi connectivity index (χ0n) is 9.30. The first-order valence-electron chi connectivity index (χ1n) is 4.77. The highest BCUT2D eigenvalue weighted by Crippen LogP contribution is 2.22. The van der Waals surface area contributed by atoms with Crippen LogP contribution in [0.25, 0.3) is 0 Å². The van der Waals surface area contributed by atoms with Gasteiger partial charge in [0.15, 0.2) is 0 Å². The lowest BCUT2D eigenvalue weighted by Crippen LogP contribution is -2.31. The molecule has 0 aromatic heterocycles. The van der Waals surface area contributed by atoms with Gasteiger partial charge in [0.25, 0.3) is 0 Å². The van der Waals surface area contributed by atoms with Crippen LogP contribution in [0, 0.1) is 0 Å². The Morgan fingerprint density at radius 1 is 1.44 bits per heavy atom. The lowest BCUT2D eigenvalue weighted by molar-refractivity contribution is 0.405. The lowest BCUT2D eigenvalue weighted by Gasteiger charge is -2.15. The van der Waals surface area contributed by atoms with Gasteiger partial charge in [-0.2, -0.15) is 0 Å². The average molecular weight is 244 g/mol. The molecule has 1 aromatic carbocycles.